The summed E-state index contributed by atoms with van der Waals surface area (Å²) in [4.78, 5) is 22.1. The molecule has 10 heteroatoms. The minimum absolute atomic E-state index is 0.106. The first kappa shape index (κ1) is 14.3. The molecular weight excluding hydrogens is 281 g/mol. The maximum atomic E-state index is 12.8. The minimum atomic E-state index is -4.90. The third-order valence-corrected chi connectivity index (χ3v) is 2.70. The van der Waals surface area contributed by atoms with E-state index in [0.29, 0.717) is 4.68 Å². The largest absolute Gasteiger partial charge is 0.476 e. The average molecular weight is 292 g/mol. The monoisotopic (exact) mass is 292 g/mol. The highest BCUT2D eigenvalue weighted by Gasteiger charge is 2.41. The molecule has 0 aliphatic heterocycles. The van der Waals surface area contributed by atoms with Crippen molar-refractivity contribution in [2.45, 2.75) is 38.0 Å². The molecule has 110 valence electrons. The highest BCUT2D eigenvalue weighted by Crippen LogP contribution is 2.31. The Balaban J connectivity index is 2.10. The molecule has 1 aromatic rings. The zero-order valence-electron chi connectivity index (χ0n) is 10.1. The summed E-state index contributed by atoms with van der Waals surface area (Å²) in [6, 6.07) is 0.106. The van der Waals surface area contributed by atoms with Crippen LogP contribution in [0.3, 0.4) is 0 Å². The zero-order chi connectivity index (χ0) is 14.9. The fourth-order valence-corrected chi connectivity index (χ4v) is 1.63. The quantitative estimate of drug-likeness (QED) is 0.831. The Hall–Kier alpha value is -2.13. The van der Waals surface area contributed by atoms with Crippen LogP contribution in [0.1, 0.15) is 35.4 Å². The van der Waals surface area contributed by atoms with Crippen LogP contribution >= 0.6 is 0 Å². The molecule has 1 saturated carbocycles. The van der Waals surface area contributed by atoms with Crippen LogP contribution in [0.25, 0.3) is 0 Å². The number of alkyl halides is 3. The SMILES string of the molecule is O=C(CCn1nnc(C(=O)O)c1C(F)(F)F)NC1CC1. The smallest absolute Gasteiger partial charge is 0.435 e. The van der Waals surface area contributed by atoms with Crippen molar-refractivity contribution in [3.05, 3.63) is 11.4 Å². The van der Waals surface area contributed by atoms with E-state index < -0.39 is 29.4 Å². The molecule has 0 radical (unpaired) electrons. The molecule has 2 N–H and O–H groups in total. The Morgan fingerprint density at radius 1 is 1.40 bits per heavy atom. The summed E-state index contributed by atoms with van der Waals surface area (Å²) in [6.07, 6.45) is -3.38. The molecule has 1 amide bonds. The number of nitrogens with zero attached hydrogens (tertiary/aromatic N) is 3. The number of hydrogen-bond donors (Lipinski definition) is 2. The van der Waals surface area contributed by atoms with Gasteiger partial charge in [-0.2, -0.15) is 13.2 Å². The lowest BCUT2D eigenvalue weighted by Gasteiger charge is -2.10. The summed E-state index contributed by atoms with van der Waals surface area (Å²) in [5.41, 5.74) is -2.62. The zero-order valence-corrected chi connectivity index (χ0v) is 10.1. The van der Waals surface area contributed by atoms with Gasteiger partial charge in [0.25, 0.3) is 0 Å². The van der Waals surface area contributed by atoms with Crippen molar-refractivity contribution < 1.29 is 27.9 Å². The molecule has 7 nitrogen and oxygen atoms in total. The van der Waals surface area contributed by atoms with Crippen molar-refractivity contribution >= 4 is 11.9 Å². The molecule has 0 unspecified atom stereocenters. The normalized spacial score (nSPS) is 15.2. The van der Waals surface area contributed by atoms with Gasteiger partial charge in [0.15, 0.2) is 5.69 Å². The number of aromatic carboxylic acids is 1. The predicted octanol–water partition coefficient (Wildman–Crippen LogP) is 0.664. The van der Waals surface area contributed by atoms with Gasteiger partial charge >= 0.3 is 12.1 Å². The molecule has 1 fully saturated rings. The van der Waals surface area contributed by atoms with E-state index in [-0.39, 0.29) is 19.0 Å². The fourth-order valence-electron chi connectivity index (χ4n) is 1.63. The van der Waals surface area contributed by atoms with Crippen LogP contribution in [-0.2, 0) is 17.5 Å². The molecule has 2 rings (SSSR count). The summed E-state index contributed by atoms with van der Waals surface area (Å²) in [7, 11) is 0. The number of carboxylic acids is 1. The molecule has 0 saturated heterocycles. The van der Waals surface area contributed by atoms with Gasteiger partial charge in [-0.15, -0.1) is 5.10 Å². The number of amides is 1. The Morgan fingerprint density at radius 2 is 2.05 bits per heavy atom. The maximum absolute atomic E-state index is 12.8. The lowest BCUT2D eigenvalue weighted by molar-refractivity contribution is -0.145. The molecule has 0 atom stereocenters. The summed E-state index contributed by atoms with van der Waals surface area (Å²) in [5, 5.41) is 17.4. The Morgan fingerprint density at radius 3 is 2.55 bits per heavy atom. The van der Waals surface area contributed by atoms with Crippen molar-refractivity contribution in [2.24, 2.45) is 0 Å². The van der Waals surface area contributed by atoms with Gasteiger partial charge in [0, 0.05) is 12.5 Å². The molecule has 0 spiro atoms. The second-order valence-electron chi connectivity index (χ2n) is 4.40. The van der Waals surface area contributed by atoms with E-state index in [1.807, 2.05) is 0 Å². The second kappa shape index (κ2) is 5.10. The van der Waals surface area contributed by atoms with Gasteiger partial charge in [0.1, 0.15) is 0 Å². The first-order valence-electron chi connectivity index (χ1n) is 5.82. The van der Waals surface area contributed by atoms with Crippen LogP contribution in [0.4, 0.5) is 13.2 Å². The Bertz CT molecular complexity index is 536. The van der Waals surface area contributed by atoms with Gasteiger partial charge in [0.05, 0.1) is 6.54 Å². The van der Waals surface area contributed by atoms with E-state index in [1.165, 1.54) is 0 Å². The third kappa shape index (κ3) is 3.25. The van der Waals surface area contributed by atoms with Crippen molar-refractivity contribution in [3.8, 4) is 0 Å². The van der Waals surface area contributed by atoms with Gasteiger partial charge in [-0.05, 0) is 12.8 Å². The van der Waals surface area contributed by atoms with Gasteiger partial charge in [-0.1, -0.05) is 5.21 Å². The predicted molar refractivity (Wildman–Crippen MR) is 57.8 cm³/mol. The molecule has 20 heavy (non-hydrogen) atoms. The van der Waals surface area contributed by atoms with Crippen LogP contribution in [0, 0.1) is 0 Å². The number of carbonyl (C=O) groups is 2. The van der Waals surface area contributed by atoms with Gasteiger partial charge in [-0.3, -0.25) is 4.79 Å². The van der Waals surface area contributed by atoms with Gasteiger partial charge in [-0.25, -0.2) is 9.48 Å². The van der Waals surface area contributed by atoms with Crippen molar-refractivity contribution in [1.82, 2.24) is 20.3 Å². The number of rotatable bonds is 5. The van der Waals surface area contributed by atoms with E-state index in [4.69, 9.17) is 5.11 Å². The first-order chi connectivity index (χ1) is 9.29. The molecule has 1 aromatic heterocycles. The Labute approximate surface area is 110 Å². The van der Waals surface area contributed by atoms with E-state index in [0.717, 1.165) is 12.8 Å². The molecule has 1 aliphatic rings. The lowest BCUT2D eigenvalue weighted by Crippen LogP contribution is -2.27. The number of carboxylic acid groups (broad SMARTS) is 1. The molecule has 1 aliphatic carbocycles. The number of nitrogens with one attached hydrogen (secondary N) is 1. The summed E-state index contributed by atoms with van der Waals surface area (Å²) in [5.74, 6) is -2.21. The fraction of sp³-hybridized carbons (Fsp3) is 0.600. The minimum Gasteiger partial charge on any atom is -0.476 e. The number of halogens is 3. The number of hydrogen-bond acceptors (Lipinski definition) is 4. The van der Waals surface area contributed by atoms with Crippen LogP contribution in [-0.4, -0.2) is 38.0 Å². The summed E-state index contributed by atoms with van der Waals surface area (Å²) < 4.78 is 38.7. The highest BCUT2D eigenvalue weighted by molar-refractivity contribution is 5.86. The van der Waals surface area contributed by atoms with Crippen LogP contribution in [0.15, 0.2) is 0 Å². The summed E-state index contributed by atoms with van der Waals surface area (Å²) in [6.45, 7) is -0.381. The average Bonchev–Trinajstić information content (AvgIpc) is 3.01. The number of aromatic nitrogens is 3. The topological polar surface area (TPSA) is 97.1 Å². The van der Waals surface area contributed by atoms with Gasteiger partial charge in [0.2, 0.25) is 11.6 Å². The molecule has 0 bridgehead atoms. The molecular formula is C10H11F3N4O3. The van der Waals surface area contributed by atoms with E-state index in [2.05, 4.69) is 15.6 Å². The first-order valence-corrected chi connectivity index (χ1v) is 5.82. The third-order valence-electron chi connectivity index (χ3n) is 2.70. The van der Waals surface area contributed by atoms with Crippen LogP contribution in [0.5, 0.6) is 0 Å². The van der Waals surface area contributed by atoms with E-state index in [1.54, 1.807) is 0 Å². The van der Waals surface area contributed by atoms with Crippen LogP contribution in [0.2, 0.25) is 0 Å². The summed E-state index contributed by atoms with van der Waals surface area (Å²) >= 11 is 0. The second-order valence-corrected chi connectivity index (χ2v) is 4.40. The Kier molecular flexibility index (Phi) is 3.64. The lowest BCUT2D eigenvalue weighted by atomic mass is 10.3. The van der Waals surface area contributed by atoms with E-state index >= 15 is 0 Å². The number of carbonyl (C=O) groups excluding carboxylic acids is 1. The van der Waals surface area contributed by atoms with Crippen molar-refractivity contribution in [2.75, 3.05) is 0 Å². The van der Waals surface area contributed by atoms with E-state index in [9.17, 15) is 22.8 Å². The van der Waals surface area contributed by atoms with Crippen LogP contribution < -0.4 is 5.32 Å². The molecule has 1 heterocycles. The van der Waals surface area contributed by atoms with Crippen molar-refractivity contribution in [1.29, 1.82) is 0 Å². The van der Waals surface area contributed by atoms with Crippen molar-refractivity contribution in [3.63, 3.8) is 0 Å². The molecule has 0 aromatic carbocycles. The highest BCUT2D eigenvalue weighted by atomic mass is 19.4. The maximum Gasteiger partial charge on any atom is 0.435 e. The number of aryl methyl sites for hydroxylation is 1. The standard InChI is InChI=1S/C10H11F3N4O3/c11-10(12,13)8-7(9(19)20)15-16-17(8)4-3-6(18)14-5-1-2-5/h5H,1-4H2,(H,14,18)(H,19,20). The van der Waals surface area contributed by atoms with Gasteiger partial charge < -0.3 is 10.4 Å².